The molecule has 0 aliphatic heterocycles. The molecule has 0 aliphatic rings. The van der Waals surface area contributed by atoms with Crippen molar-refractivity contribution >= 4 is 18.9 Å². The Bertz CT molecular complexity index is 234. The number of aldehydes is 1. The second-order valence-corrected chi connectivity index (χ2v) is 3.34. The van der Waals surface area contributed by atoms with Gasteiger partial charge in [-0.05, 0) is 19.1 Å². The van der Waals surface area contributed by atoms with E-state index in [1.54, 1.807) is 19.1 Å². The standard InChI is InChI=1S/C7H6O.C4H10OS/c8-6-7-4-2-1-3-5-7;1-4(5)2-3-6/h1-6H;4-6H,2-3H2,1H3. The molecule has 1 atom stereocenters. The van der Waals surface area contributed by atoms with Gasteiger partial charge in [-0.2, -0.15) is 12.6 Å². The molecule has 3 heteroatoms. The van der Waals surface area contributed by atoms with Gasteiger partial charge in [0.25, 0.3) is 0 Å². The van der Waals surface area contributed by atoms with E-state index in [9.17, 15) is 4.79 Å². The molecule has 0 heterocycles. The van der Waals surface area contributed by atoms with Crippen LogP contribution in [-0.2, 0) is 0 Å². The fourth-order valence-electron chi connectivity index (χ4n) is 0.718. The number of aliphatic hydroxyl groups excluding tert-OH is 1. The van der Waals surface area contributed by atoms with Gasteiger partial charge < -0.3 is 5.11 Å². The number of thiol groups is 1. The van der Waals surface area contributed by atoms with Gasteiger partial charge in [-0.1, -0.05) is 30.3 Å². The molecule has 0 saturated carbocycles. The minimum Gasteiger partial charge on any atom is -0.393 e. The van der Waals surface area contributed by atoms with E-state index in [0.717, 1.165) is 24.0 Å². The first-order chi connectivity index (χ1) is 6.70. The van der Waals surface area contributed by atoms with Crippen LogP contribution in [0.3, 0.4) is 0 Å². The smallest absolute Gasteiger partial charge is 0.150 e. The molecule has 78 valence electrons. The van der Waals surface area contributed by atoms with Gasteiger partial charge in [-0.3, -0.25) is 4.79 Å². The van der Waals surface area contributed by atoms with Gasteiger partial charge in [-0.15, -0.1) is 0 Å². The Kier molecular flexibility index (Phi) is 8.28. The lowest BCUT2D eigenvalue weighted by molar-refractivity contribution is 0.112. The Hall–Kier alpha value is -0.800. The molecule has 0 spiro atoms. The number of aliphatic hydroxyl groups is 1. The molecule has 1 aromatic carbocycles. The van der Waals surface area contributed by atoms with Crippen LogP contribution in [0.15, 0.2) is 30.3 Å². The Labute approximate surface area is 90.4 Å². The van der Waals surface area contributed by atoms with Gasteiger partial charge in [0.15, 0.2) is 0 Å². The number of rotatable bonds is 3. The van der Waals surface area contributed by atoms with Crippen molar-refractivity contribution in [2.45, 2.75) is 19.4 Å². The highest BCUT2D eigenvalue weighted by molar-refractivity contribution is 7.80. The van der Waals surface area contributed by atoms with Gasteiger partial charge in [-0.25, -0.2) is 0 Å². The molecule has 1 aromatic rings. The average Bonchev–Trinajstić information content (AvgIpc) is 2.20. The van der Waals surface area contributed by atoms with Crippen molar-refractivity contribution in [2.75, 3.05) is 5.75 Å². The lowest BCUT2D eigenvalue weighted by atomic mass is 10.2. The van der Waals surface area contributed by atoms with Gasteiger partial charge >= 0.3 is 0 Å². The van der Waals surface area contributed by atoms with E-state index in [1.165, 1.54) is 0 Å². The number of carbonyl (C=O) groups excluding carboxylic acids is 1. The maximum absolute atomic E-state index is 10.0. The molecule has 14 heavy (non-hydrogen) atoms. The Balaban J connectivity index is 0.000000255. The van der Waals surface area contributed by atoms with Gasteiger partial charge in [0.05, 0.1) is 6.10 Å². The summed E-state index contributed by atoms with van der Waals surface area (Å²) in [7, 11) is 0. The van der Waals surface area contributed by atoms with Crippen LogP contribution in [-0.4, -0.2) is 23.2 Å². The fourth-order valence-corrected chi connectivity index (χ4v) is 1.09. The summed E-state index contributed by atoms with van der Waals surface area (Å²) in [5, 5.41) is 8.50. The number of benzene rings is 1. The van der Waals surface area contributed by atoms with Crippen LogP contribution in [0, 0.1) is 0 Å². The lowest BCUT2D eigenvalue weighted by Gasteiger charge is -1.95. The van der Waals surface area contributed by atoms with Crippen LogP contribution in [0.2, 0.25) is 0 Å². The highest BCUT2D eigenvalue weighted by Gasteiger charge is 1.87. The number of hydrogen-bond acceptors (Lipinski definition) is 3. The predicted molar refractivity (Wildman–Crippen MR) is 62.0 cm³/mol. The molecule has 0 radical (unpaired) electrons. The summed E-state index contributed by atoms with van der Waals surface area (Å²) >= 11 is 3.90. The zero-order valence-corrected chi connectivity index (χ0v) is 9.15. The summed E-state index contributed by atoms with van der Waals surface area (Å²) in [5.41, 5.74) is 0.729. The zero-order valence-electron chi connectivity index (χ0n) is 8.26. The second kappa shape index (κ2) is 8.78. The molecule has 0 aromatic heterocycles. The molecule has 0 bridgehead atoms. The summed E-state index contributed by atoms with van der Waals surface area (Å²) in [4.78, 5) is 10.0. The van der Waals surface area contributed by atoms with E-state index in [1.807, 2.05) is 18.2 Å². The quantitative estimate of drug-likeness (QED) is 0.595. The van der Waals surface area contributed by atoms with Crippen LogP contribution in [0.1, 0.15) is 23.7 Å². The predicted octanol–water partition coefficient (Wildman–Crippen LogP) is 2.19. The Morgan fingerprint density at radius 2 is 2.00 bits per heavy atom. The average molecular weight is 212 g/mol. The van der Waals surface area contributed by atoms with Crippen LogP contribution >= 0.6 is 12.6 Å². The van der Waals surface area contributed by atoms with Gasteiger partial charge in [0.1, 0.15) is 6.29 Å². The fraction of sp³-hybridized carbons (Fsp3) is 0.364. The molecule has 0 amide bonds. The summed E-state index contributed by atoms with van der Waals surface area (Å²) < 4.78 is 0. The topological polar surface area (TPSA) is 37.3 Å². The largest absolute Gasteiger partial charge is 0.393 e. The summed E-state index contributed by atoms with van der Waals surface area (Å²) in [6.07, 6.45) is 1.45. The normalized spacial score (nSPS) is 11.1. The number of hydrogen-bond donors (Lipinski definition) is 2. The van der Waals surface area contributed by atoms with Crippen molar-refractivity contribution in [2.24, 2.45) is 0 Å². The van der Waals surface area contributed by atoms with Crippen LogP contribution in [0.25, 0.3) is 0 Å². The van der Waals surface area contributed by atoms with Crippen LogP contribution < -0.4 is 0 Å². The zero-order chi connectivity index (χ0) is 10.8. The van der Waals surface area contributed by atoms with Crippen molar-refractivity contribution in [3.63, 3.8) is 0 Å². The maximum atomic E-state index is 10.0. The van der Waals surface area contributed by atoms with E-state index in [-0.39, 0.29) is 6.10 Å². The van der Waals surface area contributed by atoms with E-state index in [4.69, 9.17) is 5.11 Å². The van der Waals surface area contributed by atoms with Crippen molar-refractivity contribution in [1.82, 2.24) is 0 Å². The molecule has 0 aliphatic carbocycles. The highest BCUT2D eigenvalue weighted by Crippen LogP contribution is 1.91. The van der Waals surface area contributed by atoms with E-state index >= 15 is 0 Å². The monoisotopic (exact) mass is 212 g/mol. The molecule has 0 fully saturated rings. The highest BCUT2D eigenvalue weighted by atomic mass is 32.1. The summed E-state index contributed by atoms with van der Waals surface area (Å²) in [6.45, 7) is 1.76. The molecule has 0 saturated heterocycles. The minimum atomic E-state index is -0.178. The third kappa shape index (κ3) is 7.83. The molecular weight excluding hydrogens is 196 g/mol. The third-order valence-corrected chi connectivity index (χ3v) is 1.74. The van der Waals surface area contributed by atoms with E-state index in [0.29, 0.717) is 0 Å². The summed E-state index contributed by atoms with van der Waals surface area (Å²) in [5.74, 6) is 0.775. The van der Waals surface area contributed by atoms with Gasteiger partial charge in [0.2, 0.25) is 0 Å². The first-order valence-electron chi connectivity index (χ1n) is 4.50. The van der Waals surface area contributed by atoms with Crippen molar-refractivity contribution in [3.05, 3.63) is 35.9 Å². The first kappa shape index (κ1) is 13.2. The minimum absolute atomic E-state index is 0.178. The molecule has 2 nitrogen and oxygen atoms in total. The van der Waals surface area contributed by atoms with E-state index in [2.05, 4.69) is 12.6 Å². The van der Waals surface area contributed by atoms with Crippen LogP contribution in [0.5, 0.6) is 0 Å². The third-order valence-electron chi connectivity index (χ3n) is 1.48. The van der Waals surface area contributed by atoms with E-state index < -0.39 is 0 Å². The molecular formula is C11H16O2S. The Morgan fingerprint density at radius 1 is 1.43 bits per heavy atom. The Morgan fingerprint density at radius 3 is 2.21 bits per heavy atom. The van der Waals surface area contributed by atoms with Crippen LogP contribution in [0.4, 0.5) is 0 Å². The van der Waals surface area contributed by atoms with Gasteiger partial charge in [0, 0.05) is 5.56 Å². The molecule has 1 unspecified atom stereocenters. The SMILES string of the molecule is CC(O)CCS.O=Cc1ccccc1. The van der Waals surface area contributed by atoms with Crippen molar-refractivity contribution < 1.29 is 9.90 Å². The van der Waals surface area contributed by atoms with Crippen molar-refractivity contribution in [3.8, 4) is 0 Å². The second-order valence-electron chi connectivity index (χ2n) is 2.89. The summed E-state index contributed by atoms with van der Waals surface area (Å²) in [6, 6.07) is 9.10. The molecule has 1 rings (SSSR count). The number of carbonyl (C=O) groups is 1. The maximum Gasteiger partial charge on any atom is 0.150 e. The van der Waals surface area contributed by atoms with Crippen molar-refractivity contribution in [1.29, 1.82) is 0 Å². The molecule has 1 N–H and O–H groups in total. The lowest BCUT2D eigenvalue weighted by Crippen LogP contribution is -1.98. The first-order valence-corrected chi connectivity index (χ1v) is 5.13.